The van der Waals surface area contributed by atoms with E-state index >= 15 is 0 Å². The predicted octanol–water partition coefficient (Wildman–Crippen LogP) is 2.77. The van der Waals surface area contributed by atoms with E-state index in [1.165, 1.54) is 10.6 Å². The number of rotatable bonds is 9. The third-order valence-corrected chi connectivity index (χ3v) is 4.71. The summed E-state index contributed by atoms with van der Waals surface area (Å²) in [6.45, 7) is 6.95. The molecule has 0 saturated carbocycles. The van der Waals surface area contributed by atoms with Gasteiger partial charge in [-0.15, -0.1) is 0 Å². The number of nitrogens with zero attached hydrogens (tertiary/aromatic N) is 1. The van der Waals surface area contributed by atoms with Crippen LogP contribution in [0.1, 0.15) is 43.7 Å². The Morgan fingerprint density at radius 3 is 2.26 bits per heavy atom. The van der Waals surface area contributed by atoms with Crippen molar-refractivity contribution in [1.29, 1.82) is 0 Å². The van der Waals surface area contributed by atoms with Gasteiger partial charge in [0.15, 0.2) is 0 Å². The Bertz CT molecular complexity index is 606. The quantitative estimate of drug-likeness (QED) is 0.703. The number of sulfonamides is 1. The monoisotopic (exact) mass is 340 g/mol. The summed E-state index contributed by atoms with van der Waals surface area (Å²) >= 11 is 0. The zero-order valence-electron chi connectivity index (χ0n) is 14.6. The van der Waals surface area contributed by atoms with Crippen molar-refractivity contribution in [2.24, 2.45) is 0 Å². The van der Waals surface area contributed by atoms with Crippen molar-refractivity contribution in [3.8, 4) is 0 Å². The van der Waals surface area contributed by atoms with Crippen LogP contribution in [0.25, 0.3) is 0 Å². The fraction of sp³-hybridized carbons (Fsp3) is 0.588. The molecule has 5 nitrogen and oxygen atoms in total. The van der Waals surface area contributed by atoms with Crippen molar-refractivity contribution in [1.82, 2.24) is 5.32 Å². The Kier molecular flexibility index (Phi) is 7.55. The normalized spacial score (nSPS) is 11.3. The summed E-state index contributed by atoms with van der Waals surface area (Å²) in [5, 5.41) is 2.85. The largest absolute Gasteiger partial charge is 0.356 e. The fourth-order valence-corrected chi connectivity index (χ4v) is 3.41. The maximum Gasteiger partial charge on any atom is 0.232 e. The SMILES string of the molecule is CCCCNC(=O)CCCN(c1cc(C)cc(C)c1)S(C)(=O)=O. The molecule has 0 heterocycles. The number of nitrogens with one attached hydrogen (secondary N) is 1. The summed E-state index contributed by atoms with van der Waals surface area (Å²) < 4.78 is 25.5. The standard InChI is InChI=1S/C17H28N2O3S/c1-5-6-9-18-17(20)8-7-10-19(23(4,21)22)16-12-14(2)11-15(3)13-16/h11-13H,5-10H2,1-4H3,(H,18,20). The van der Waals surface area contributed by atoms with Gasteiger partial charge in [-0.3, -0.25) is 9.10 Å². The van der Waals surface area contributed by atoms with Crippen LogP contribution in [0.4, 0.5) is 5.69 Å². The Morgan fingerprint density at radius 1 is 1.13 bits per heavy atom. The lowest BCUT2D eigenvalue weighted by Gasteiger charge is -2.23. The Labute approximate surface area is 140 Å². The smallest absolute Gasteiger partial charge is 0.232 e. The van der Waals surface area contributed by atoms with Gasteiger partial charge in [0.05, 0.1) is 11.9 Å². The Morgan fingerprint density at radius 2 is 1.74 bits per heavy atom. The van der Waals surface area contributed by atoms with Crippen LogP contribution in [0, 0.1) is 13.8 Å². The topological polar surface area (TPSA) is 66.5 Å². The number of anilines is 1. The number of aryl methyl sites for hydroxylation is 2. The summed E-state index contributed by atoms with van der Waals surface area (Å²) in [6.07, 6.45) is 4.03. The van der Waals surface area contributed by atoms with Gasteiger partial charge in [-0.25, -0.2) is 8.42 Å². The summed E-state index contributed by atoms with van der Waals surface area (Å²) in [4.78, 5) is 11.7. The summed E-state index contributed by atoms with van der Waals surface area (Å²) in [7, 11) is -3.37. The van der Waals surface area contributed by atoms with Gasteiger partial charge in [-0.05, 0) is 49.9 Å². The molecule has 0 spiro atoms. The van der Waals surface area contributed by atoms with Crippen LogP contribution in [0.15, 0.2) is 18.2 Å². The van der Waals surface area contributed by atoms with Gasteiger partial charge in [0.1, 0.15) is 0 Å². The first kappa shape index (κ1) is 19.5. The molecule has 1 N–H and O–H groups in total. The molecule has 1 aromatic rings. The van der Waals surface area contributed by atoms with E-state index in [1.807, 2.05) is 32.0 Å². The molecule has 0 aromatic heterocycles. The maximum absolute atomic E-state index is 12.1. The molecule has 0 aliphatic rings. The molecule has 1 aromatic carbocycles. The zero-order chi connectivity index (χ0) is 17.5. The third-order valence-electron chi connectivity index (χ3n) is 3.51. The average molecular weight is 340 g/mol. The highest BCUT2D eigenvalue weighted by Crippen LogP contribution is 2.21. The van der Waals surface area contributed by atoms with Crippen LogP contribution in [0.2, 0.25) is 0 Å². The second-order valence-electron chi connectivity index (χ2n) is 5.99. The molecule has 130 valence electrons. The number of carbonyl (C=O) groups excluding carboxylic acids is 1. The first-order valence-electron chi connectivity index (χ1n) is 8.06. The molecule has 0 saturated heterocycles. The van der Waals surface area contributed by atoms with Crippen LogP contribution >= 0.6 is 0 Å². The number of carbonyl (C=O) groups is 1. The van der Waals surface area contributed by atoms with Gasteiger partial charge >= 0.3 is 0 Å². The molecule has 0 bridgehead atoms. The molecule has 6 heteroatoms. The van der Waals surface area contributed by atoms with Crippen molar-refractivity contribution in [2.45, 2.75) is 46.5 Å². The highest BCUT2D eigenvalue weighted by Gasteiger charge is 2.18. The number of amides is 1. The van der Waals surface area contributed by atoms with E-state index in [-0.39, 0.29) is 5.91 Å². The van der Waals surface area contributed by atoms with Crippen LogP contribution in [-0.2, 0) is 14.8 Å². The van der Waals surface area contributed by atoms with Crippen LogP contribution < -0.4 is 9.62 Å². The number of hydrogen-bond acceptors (Lipinski definition) is 3. The van der Waals surface area contributed by atoms with Gasteiger partial charge in [-0.2, -0.15) is 0 Å². The molecule has 1 amide bonds. The first-order chi connectivity index (χ1) is 10.7. The lowest BCUT2D eigenvalue weighted by molar-refractivity contribution is -0.121. The molecule has 1 rings (SSSR count). The van der Waals surface area contributed by atoms with Crippen molar-refractivity contribution < 1.29 is 13.2 Å². The van der Waals surface area contributed by atoms with E-state index in [2.05, 4.69) is 12.2 Å². The number of unbranched alkanes of at least 4 members (excludes halogenated alkanes) is 1. The van der Waals surface area contributed by atoms with E-state index in [4.69, 9.17) is 0 Å². The van der Waals surface area contributed by atoms with Crippen LogP contribution in [0.3, 0.4) is 0 Å². The van der Waals surface area contributed by atoms with Crippen LogP contribution in [-0.4, -0.2) is 33.7 Å². The summed E-state index contributed by atoms with van der Waals surface area (Å²) in [5.74, 6) is -0.0210. The maximum atomic E-state index is 12.1. The van der Waals surface area contributed by atoms with Gasteiger partial charge < -0.3 is 5.32 Å². The lowest BCUT2D eigenvalue weighted by Crippen LogP contribution is -2.32. The molecular formula is C17H28N2O3S. The van der Waals surface area contributed by atoms with E-state index < -0.39 is 10.0 Å². The van der Waals surface area contributed by atoms with Crippen molar-refractivity contribution in [2.75, 3.05) is 23.7 Å². The molecule has 0 atom stereocenters. The van der Waals surface area contributed by atoms with Crippen LogP contribution in [0.5, 0.6) is 0 Å². The third kappa shape index (κ3) is 7.03. The highest BCUT2D eigenvalue weighted by atomic mass is 32.2. The summed E-state index contributed by atoms with van der Waals surface area (Å²) in [6, 6.07) is 5.72. The molecule has 23 heavy (non-hydrogen) atoms. The van der Waals surface area contributed by atoms with E-state index in [1.54, 1.807) is 0 Å². The molecule has 0 fully saturated rings. The van der Waals surface area contributed by atoms with Crippen molar-refractivity contribution >= 4 is 21.6 Å². The highest BCUT2D eigenvalue weighted by molar-refractivity contribution is 7.92. The van der Waals surface area contributed by atoms with Gasteiger partial charge in [-0.1, -0.05) is 19.4 Å². The molecule has 0 unspecified atom stereocenters. The minimum absolute atomic E-state index is 0.0210. The van der Waals surface area contributed by atoms with Gasteiger partial charge in [0, 0.05) is 19.5 Å². The van der Waals surface area contributed by atoms with E-state index in [9.17, 15) is 13.2 Å². The summed E-state index contributed by atoms with van der Waals surface area (Å²) in [5.41, 5.74) is 2.70. The van der Waals surface area contributed by atoms with Gasteiger partial charge in [0.2, 0.25) is 15.9 Å². The minimum Gasteiger partial charge on any atom is -0.356 e. The lowest BCUT2D eigenvalue weighted by atomic mass is 10.1. The van der Waals surface area contributed by atoms with E-state index in [0.717, 1.165) is 24.0 Å². The van der Waals surface area contributed by atoms with Crippen molar-refractivity contribution in [3.05, 3.63) is 29.3 Å². The van der Waals surface area contributed by atoms with Gasteiger partial charge in [0.25, 0.3) is 0 Å². The Balaban J connectivity index is 2.69. The molecule has 0 radical (unpaired) electrons. The minimum atomic E-state index is -3.37. The second-order valence-corrected chi connectivity index (χ2v) is 7.89. The first-order valence-corrected chi connectivity index (χ1v) is 9.91. The zero-order valence-corrected chi connectivity index (χ0v) is 15.4. The molecule has 0 aliphatic heterocycles. The average Bonchev–Trinajstić information content (AvgIpc) is 2.41. The predicted molar refractivity (Wildman–Crippen MR) is 95.3 cm³/mol. The second kappa shape index (κ2) is 8.91. The molecular weight excluding hydrogens is 312 g/mol. The fourth-order valence-electron chi connectivity index (χ4n) is 2.46. The van der Waals surface area contributed by atoms with Crippen molar-refractivity contribution in [3.63, 3.8) is 0 Å². The molecule has 0 aliphatic carbocycles. The number of benzene rings is 1. The number of hydrogen-bond donors (Lipinski definition) is 1. The van der Waals surface area contributed by atoms with E-state index in [0.29, 0.717) is 31.6 Å². The Hall–Kier alpha value is -1.56.